The van der Waals surface area contributed by atoms with Gasteiger partial charge in [0.15, 0.2) is 23.0 Å². The topological polar surface area (TPSA) is 80.9 Å². The standard InChI is InChI=1S/C41H48O4/c1-24-15-17-26(3)32(19-24)36-30(22-34(38(42)40(36)44)28-11-7-5-8-12-28)21-31-23-35(29-13-9-6-10-14-29)39(43)41(45)37(31)33-20-25(2)16-18-27(33)4/h15-20,22-23,28-29,42-45H,5-14,21H2,1-4H3. The summed E-state index contributed by atoms with van der Waals surface area (Å²) in [5, 5.41) is 46.7. The number of hydrogen-bond acceptors (Lipinski definition) is 4. The Hall–Kier alpha value is -3.92. The number of phenolic OH excluding ortho intramolecular Hbond substituents is 4. The number of phenols is 4. The van der Waals surface area contributed by atoms with E-state index < -0.39 is 0 Å². The lowest BCUT2D eigenvalue weighted by molar-refractivity contribution is 0.381. The second-order valence-electron chi connectivity index (χ2n) is 13.9. The van der Waals surface area contributed by atoms with Crippen molar-refractivity contribution in [2.75, 3.05) is 0 Å². The van der Waals surface area contributed by atoms with Crippen LogP contribution in [0.5, 0.6) is 23.0 Å². The van der Waals surface area contributed by atoms with Gasteiger partial charge in [0.2, 0.25) is 0 Å². The summed E-state index contributed by atoms with van der Waals surface area (Å²) in [6.07, 6.45) is 11.3. The minimum absolute atomic E-state index is 0.00671. The van der Waals surface area contributed by atoms with Gasteiger partial charge in [0, 0.05) is 22.3 Å². The molecule has 0 heterocycles. The molecule has 2 aliphatic rings. The molecule has 0 unspecified atom stereocenters. The molecular formula is C41H48O4. The number of rotatable bonds is 6. The van der Waals surface area contributed by atoms with Crippen LogP contribution in [0.15, 0.2) is 48.5 Å². The van der Waals surface area contributed by atoms with Crippen molar-refractivity contribution in [1.29, 1.82) is 0 Å². The highest BCUT2D eigenvalue weighted by Crippen LogP contribution is 2.51. The van der Waals surface area contributed by atoms with Crippen LogP contribution in [0.25, 0.3) is 22.3 Å². The third kappa shape index (κ3) is 6.04. The number of benzene rings is 4. The van der Waals surface area contributed by atoms with E-state index in [-0.39, 0.29) is 34.8 Å². The normalized spacial score (nSPS) is 16.3. The lowest BCUT2D eigenvalue weighted by atomic mass is 9.78. The van der Waals surface area contributed by atoms with Gasteiger partial charge in [-0.1, -0.05) is 98.2 Å². The van der Waals surface area contributed by atoms with E-state index in [9.17, 15) is 20.4 Å². The molecule has 0 aromatic heterocycles. The third-order valence-corrected chi connectivity index (χ3v) is 10.6. The molecule has 0 amide bonds. The fourth-order valence-corrected chi connectivity index (χ4v) is 8.02. The van der Waals surface area contributed by atoms with Gasteiger partial charge in [-0.2, -0.15) is 0 Å². The number of aromatic hydroxyl groups is 4. The summed E-state index contributed by atoms with van der Waals surface area (Å²) in [7, 11) is 0. The van der Waals surface area contributed by atoms with Crippen molar-refractivity contribution in [1.82, 2.24) is 0 Å². The highest BCUT2D eigenvalue weighted by atomic mass is 16.3. The van der Waals surface area contributed by atoms with E-state index in [0.717, 1.165) is 107 Å². The third-order valence-electron chi connectivity index (χ3n) is 10.6. The van der Waals surface area contributed by atoms with E-state index in [4.69, 9.17) is 0 Å². The zero-order valence-corrected chi connectivity index (χ0v) is 27.3. The summed E-state index contributed by atoms with van der Waals surface area (Å²) < 4.78 is 0. The maximum atomic E-state index is 11.8. The molecule has 0 spiro atoms. The van der Waals surface area contributed by atoms with Crippen molar-refractivity contribution in [3.05, 3.63) is 93.0 Å². The minimum Gasteiger partial charge on any atom is -0.504 e. The molecule has 0 atom stereocenters. The van der Waals surface area contributed by atoms with E-state index in [1.54, 1.807) is 0 Å². The molecule has 4 nitrogen and oxygen atoms in total. The minimum atomic E-state index is -0.0643. The predicted octanol–water partition coefficient (Wildman–Crippen LogP) is 10.8. The molecule has 4 aromatic carbocycles. The van der Waals surface area contributed by atoms with Crippen molar-refractivity contribution in [2.45, 2.75) is 110 Å². The van der Waals surface area contributed by atoms with Crippen molar-refractivity contribution >= 4 is 0 Å². The summed E-state index contributed by atoms with van der Waals surface area (Å²) in [4.78, 5) is 0. The molecule has 4 aromatic rings. The molecule has 45 heavy (non-hydrogen) atoms. The van der Waals surface area contributed by atoms with E-state index in [2.05, 4.69) is 48.5 Å². The number of aryl methyl sites for hydroxylation is 4. The van der Waals surface area contributed by atoms with Gasteiger partial charge < -0.3 is 20.4 Å². The molecule has 2 saturated carbocycles. The first kappa shape index (κ1) is 31.1. The van der Waals surface area contributed by atoms with Gasteiger partial charge in [-0.05, 0) is 105 Å². The molecule has 0 saturated heterocycles. The average molecular weight is 605 g/mol. The first-order chi connectivity index (χ1) is 21.6. The molecule has 2 aliphatic carbocycles. The fourth-order valence-electron chi connectivity index (χ4n) is 8.02. The summed E-state index contributed by atoms with van der Waals surface area (Å²) in [5.41, 5.74) is 10.8. The van der Waals surface area contributed by atoms with Gasteiger partial charge in [-0.15, -0.1) is 0 Å². The zero-order chi connectivity index (χ0) is 31.8. The van der Waals surface area contributed by atoms with Gasteiger partial charge in [0.25, 0.3) is 0 Å². The Morgan fingerprint density at radius 3 is 1.24 bits per heavy atom. The predicted molar refractivity (Wildman–Crippen MR) is 184 cm³/mol. The molecule has 0 aliphatic heterocycles. The van der Waals surface area contributed by atoms with E-state index in [1.165, 1.54) is 12.8 Å². The molecule has 236 valence electrons. The average Bonchev–Trinajstić information content (AvgIpc) is 3.04. The Balaban J connectivity index is 1.62. The molecule has 0 radical (unpaired) electrons. The van der Waals surface area contributed by atoms with Crippen LogP contribution in [0.3, 0.4) is 0 Å². The van der Waals surface area contributed by atoms with Crippen LogP contribution in [-0.2, 0) is 6.42 Å². The highest BCUT2D eigenvalue weighted by Gasteiger charge is 2.29. The van der Waals surface area contributed by atoms with Crippen LogP contribution in [0, 0.1) is 27.7 Å². The second kappa shape index (κ2) is 12.8. The van der Waals surface area contributed by atoms with Crippen molar-refractivity contribution in [2.24, 2.45) is 0 Å². The van der Waals surface area contributed by atoms with Crippen molar-refractivity contribution in [3.63, 3.8) is 0 Å². The molecule has 2 fully saturated rings. The van der Waals surface area contributed by atoms with Gasteiger partial charge in [-0.3, -0.25) is 0 Å². The van der Waals surface area contributed by atoms with Gasteiger partial charge in [-0.25, -0.2) is 0 Å². The van der Waals surface area contributed by atoms with Crippen LogP contribution >= 0.6 is 0 Å². The fraction of sp³-hybridized carbons (Fsp3) is 0.415. The Labute approximate surface area is 268 Å². The Kier molecular flexibility index (Phi) is 8.86. The molecule has 4 heteroatoms. The van der Waals surface area contributed by atoms with Crippen LogP contribution in [0.1, 0.15) is 121 Å². The lowest BCUT2D eigenvalue weighted by Crippen LogP contribution is -2.08. The van der Waals surface area contributed by atoms with Crippen molar-refractivity contribution in [3.8, 4) is 45.3 Å². The quantitative estimate of drug-likeness (QED) is 0.165. The smallest absolute Gasteiger partial charge is 0.166 e. The Morgan fingerprint density at radius 2 is 0.867 bits per heavy atom. The van der Waals surface area contributed by atoms with Crippen LogP contribution in [-0.4, -0.2) is 20.4 Å². The van der Waals surface area contributed by atoms with Gasteiger partial charge in [0.05, 0.1) is 0 Å². The van der Waals surface area contributed by atoms with E-state index >= 15 is 0 Å². The maximum Gasteiger partial charge on any atom is 0.166 e. The van der Waals surface area contributed by atoms with Crippen LogP contribution in [0.4, 0.5) is 0 Å². The van der Waals surface area contributed by atoms with E-state index in [1.807, 2.05) is 27.7 Å². The second-order valence-corrected chi connectivity index (χ2v) is 13.9. The Morgan fingerprint density at radius 1 is 0.489 bits per heavy atom. The molecule has 0 bridgehead atoms. The summed E-state index contributed by atoms with van der Waals surface area (Å²) in [6, 6.07) is 16.7. The highest BCUT2D eigenvalue weighted by molar-refractivity contribution is 5.84. The lowest BCUT2D eigenvalue weighted by Gasteiger charge is -2.27. The summed E-state index contributed by atoms with van der Waals surface area (Å²) in [6.45, 7) is 8.17. The summed E-state index contributed by atoms with van der Waals surface area (Å²) in [5.74, 6) is 0.248. The SMILES string of the molecule is Cc1ccc(C)c(-c2c(Cc3cc(C4CCCCC4)c(O)c(O)c3-c3cc(C)ccc3C)cc(C3CCCCC3)c(O)c2O)c1. The molecule has 4 N–H and O–H groups in total. The molecular weight excluding hydrogens is 556 g/mol. The van der Waals surface area contributed by atoms with Crippen LogP contribution in [0.2, 0.25) is 0 Å². The Bertz CT molecular complexity index is 1590. The zero-order valence-electron chi connectivity index (χ0n) is 27.3. The van der Waals surface area contributed by atoms with Crippen molar-refractivity contribution < 1.29 is 20.4 Å². The first-order valence-corrected chi connectivity index (χ1v) is 16.9. The van der Waals surface area contributed by atoms with Crippen LogP contribution < -0.4 is 0 Å². The first-order valence-electron chi connectivity index (χ1n) is 16.9. The summed E-state index contributed by atoms with van der Waals surface area (Å²) >= 11 is 0. The maximum absolute atomic E-state index is 11.8. The molecule has 6 rings (SSSR count). The largest absolute Gasteiger partial charge is 0.504 e. The van der Waals surface area contributed by atoms with Gasteiger partial charge >= 0.3 is 0 Å². The van der Waals surface area contributed by atoms with E-state index in [0.29, 0.717) is 17.5 Å². The van der Waals surface area contributed by atoms with Gasteiger partial charge in [0.1, 0.15) is 0 Å². The number of hydrogen-bond donors (Lipinski definition) is 4. The monoisotopic (exact) mass is 604 g/mol.